The molecular formula is C15H11ClN3O2. The minimum absolute atomic E-state index is 0.478. The van der Waals surface area contributed by atoms with Crippen LogP contribution in [-0.2, 0) is 4.79 Å². The molecule has 0 amide bonds. The van der Waals surface area contributed by atoms with Gasteiger partial charge in [-0.2, -0.15) is 4.80 Å². The van der Waals surface area contributed by atoms with Gasteiger partial charge in [0.1, 0.15) is 16.8 Å². The van der Waals surface area contributed by atoms with Crippen LogP contribution in [0.1, 0.15) is 11.1 Å². The Morgan fingerprint density at radius 2 is 1.86 bits per heavy atom. The molecule has 0 saturated heterocycles. The number of halogens is 1. The summed E-state index contributed by atoms with van der Waals surface area (Å²) >= 11 is 5.96. The smallest absolute Gasteiger partial charge is 0.418 e. The van der Waals surface area contributed by atoms with E-state index in [1.165, 1.54) is 6.47 Å². The summed E-state index contributed by atoms with van der Waals surface area (Å²) < 4.78 is 4.81. The lowest BCUT2D eigenvalue weighted by Gasteiger charge is -2.09. The third kappa shape index (κ3) is 2.48. The monoisotopic (exact) mass is 300 g/mol. The molecule has 0 fully saturated rings. The van der Waals surface area contributed by atoms with E-state index in [4.69, 9.17) is 16.3 Å². The quantitative estimate of drug-likeness (QED) is 0.745. The number of fused-ring (bicyclic) bond motifs is 1. The van der Waals surface area contributed by atoms with Crippen molar-refractivity contribution in [2.24, 2.45) is 0 Å². The Morgan fingerprint density at radius 3 is 2.62 bits per heavy atom. The van der Waals surface area contributed by atoms with Crippen LogP contribution in [0, 0.1) is 13.8 Å². The van der Waals surface area contributed by atoms with E-state index in [9.17, 15) is 4.79 Å². The van der Waals surface area contributed by atoms with Crippen LogP contribution < -0.4 is 4.74 Å². The molecule has 0 unspecified atom stereocenters. The number of rotatable bonds is 3. The molecule has 5 nitrogen and oxygen atoms in total. The predicted octanol–water partition coefficient (Wildman–Crippen LogP) is 3.14. The Hall–Kier alpha value is -2.40. The zero-order valence-electron chi connectivity index (χ0n) is 11.4. The van der Waals surface area contributed by atoms with Gasteiger partial charge in [0.25, 0.3) is 0 Å². The largest absolute Gasteiger partial charge is 0.423 e. The molecular weight excluding hydrogens is 290 g/mol. The molecule has 1 aromatic heterocycles. The number of aryl methyl sites for hydroxylation is 2. The Morgan fingerprint density at radius 1 is 1.10 bits per heavy atom. The number of nitrogens with zero attached hydrogens (tertiary/aromatic N) is 3. The molecule has 0 bridgehead atoms. The van der Waals surface area contributed by atoms with Crippen LogP contribution >= 0.6 is 11.6 Å². The third-order valence-corrected chi connectivity index (χ3v) is 3.44. The zero-order chi connectivity index (χ0) is 15.0. The topological polar surface area (TPSA) is 57.0 Å². The maximum atomic E-state index is 10.4. The summed E-state index contributed by atoms with van der Waals surface area (Å²) in [5.41, 5.74) is 3.99. The van der Waals surface area contributed by atoms with Crippen molar-refractivity contribution in [3.05, 3.63) is 46.5 Å². The van der Waals surface area contributed by atoms with E-state index < -0.39 is 0 Å². The van der Waals surface area contributed by atoms with Crippen molar-refractivity contribution >= 4 is 29.1 Å². The van der Waals surface area contributed by atoms with Crippen molar-refractivity contribution in [3.8, 4) is 11.4 Å². The van der Waals surface area contributed by atoms with Gasteiger partial charge in [0.05, 0.1) is 5.69 Å². The molecule has 0 atom stereocenters. The Bertz CT molecular complexity index is 842. The molecule has 0 aliphatic heterocycles. The molecule has 0 N–H and O–H groups in total. The number of hydrogen-bond acceptors (Lipinski definition) is 4. The Labute approximate surface area is 126 Å². The summed E-state index contributed by atoms with van der Waals surface area (Å²) in [5, 5.41) is 9.47. The summed E-state index contributed by atoms with van der Waals surface area (Å²) in [4.78, 5) is 11.9. The average Bonchev–Trinajstić information content (AvgIpc) is 2.85. The van der Waals surface area contributed by atoms with Crippen LogP contribution in [0.2, 0.25) is 5.02 Å². The Balaban J connectivity index is 2.13. The van der Waals surface area contributed by atoms with Gasteiger partial charge in [0.15, 0.2) is 0 Å². The van der Waals surface area contributed by atoms with Crippen molar-refractivity contribution in [2.75, 3.05) is 0 Å². The molecule has 2 aromatic carbocycles. The van der Waals surface area contributed by atoms with Crippen LogP contribution in [0.4, 0.5) is 0 Å². The second-order valence-electron chi connectivity index (χ2n) is 4.71. The normalized spacial score (nSPS) is 10.8. The fourth-order valence-electron chi connectivity index (χ4n) is 2.14. The number of ether oxygens (including phenoxy) is 1. The van der Waals surface area contributed by atoms with Crippen LogP contribution in [0.5, 0.6) is 5.75 Å². The molecule has 3 aromatic rings. The van der Waals surface area contributed by atoms with E-state index in [-0.39, 0.29) is 0 Å². The summed E-state index contributed by atoms with van der Waals surface area (Å²) in [5.74, 6) is 0.478. The minimum Gasteiger partial charge on any atom is -0.418 e. The second kappa shape index (κ2) is 5.18. The standard InChI is InChI=1S/C15H11ClN3O2/c1-9-6-15(21-8-20)10(2)5-14(9)19-17-12-4-3-11(16)7-13(12)18-19/h3-7H,1-2H3. The van der Waals surface area contributed by atoms with Crippen LogP contribution in [0.15, 0.2) is 30.3 Å². The van der Waals surface area contributed by atoms with Crippen molar-refractivity contribution < 1.29 is 9.53 Å². The average molecular weight is 301 g/mol. The minimum atomic E-state index is 0.478. The first-order valence-electron chi connectivity index (χ1n) is 6.26. The summed E-state index contributed by atoms with van der Waals surface area (Å²) in [7, 11) is 0. The van der Waals surface area contributed by atoms with Crippen LogP contribution in [-0.4, -0.2) is 21.5 Å². The molecule has 0 spiro atoms. The van der Waals surface area contributed by atoms with Gasteiger partial charge in [-0.15, -0.1) is 10.2 Å². The second-order valence-corrected chi connectivity index (χ2v) is 5.15. The molecule has 1 radical (unpaired) electrons. The van der Waals surface area contributed by atoms with Crippen LogP contribution in [0.3, 0.4) is 0 Å². The summed E-state index contributed by atoms with van der Waals surface area (Å²) in [6, 6.07) is 8.99. The van der Waals surface area contributed by atoms with Gasteiger partial charge in [-0.25, -0.2) is 4.79 Å². The summed E-state index contributed by atoms with van der Waals surface area (Å²) in [6.45, 7) is 5.18. The fourth-order valence-corrected chi connectivity index (χ4v) is 2.31. The van der Waals surface area contributed by atoms with E-state index in [1.807, 2.05) is 26.0 Å². The number of hydrogen-bond donors (Lipinski definition) is 0. The highest BCUT2D eigenvalue weighted by Crippen LogP contribution is 2.25. The molecule has 6 heteroatoms. The van der Waals surface area contributed by atoms with Gasteiger partial charge >= 0.3 is 6.47 Å². The summed E-state index contributed by atoms with van der Waals surface area (Å²) in [6.07, 6.45) is 0. The number of benzene rings is 2. The first-order valence-corrected chi connectivity index (χ1v) is 6.64. The SMILES string of the molecule is Cc1cc(-n2nc3ccc(Cl)cc3n2)c(C)cc1O[C]=O. The Kier molecular flexibility index (Phi) is 3.35. The predicted molar refractivity (Wildman–Crippen MR) is 79.7 cm³/mol. The van der Waals surface area contributed by atoms with Gasteiger partial charge in [-0.1, -0.05) is 11.6 Å². The van der Waals surface area contributed by atoms with Gasteiger partial charge in [-0.3, -0.25) is 0 Å². The molecule has 105 valence electrons. The number of carbonyl (C=O) groups excluding carboxylic acids is 1. The maximum Gasteiger partial charge on any atom is 0.423 e. The molecule has 0 aliphatic rings. The van der Waals surface area contributed by atoms with Crippen molar-refractivity contribution in [1.82, 2.24) is 15.0 Å². The van der Waals surface area contributed by atoms with Crippen molar-refractivity contribution in [1.29, 1.82) is 0 Å². The lowest BCUT2D eigenvalue weighted by Crippen LogP contribution is -2.03. The van der Waals surface area contributed by atoms with Gasteiger partial charge < -0.3 is 4.74 Å². The van der Waals surface area contributed by atoms with Crippen molar-refractivity contribution in [2.45, 2.75) is 13.8 Å². The molecule has 3 rings (SSSR count). The first kappa shape index (κ1) is 13.6. The highest BCUT2D eigenvalue weighted by atomic mass is 35.5. The van der Waals surface area contributed by atoms with Gasteiger partial charge in [0, 0.05) is 5.02 Å². The first-order chi connectivity index (χ1) is 10.1. The van der Waals surface area contributed by atoms with E-state index in [0.29, 0.717) is 10.8 Å². The molecule has 0 aliphatic carbocycles. The fraction of sp³-hybridized carbons (Fsp3) is 0.133. The highest BCUT2D eigenvalue weighted by molar-refractivity contribution is 6.31. The molecule has 21 heavy (non-hydrogen) atoms. The zero-order valence-corrected chi connectivity index (χ0v) is 12.2. The molecule has 1 heterocycles. The lowest BCUT2D eigenvalue weighted by atomic mass is 10.1. The maximum absolute atomic E-state index is 10.4. The van der Waals surface area contributed by atoms with E-state index in [2.05, 4.69) is 10.2 Å². The lowest BCUT2D eigenvalue weighted by molar-refractivity contribution is 0.440. The van der Waals surface area contributed by atoms with Crippen molar-refractivity contribution in [3.63, 3.8) is 0 Å². The van der Waals surface area contributed by atoms with E-state index in [1.54, 1.807) is 23.0 Å². The third-order valence-electron chi connectivity index (χ3n) is 3.20. The van der Waals surface area contributed by atoms with Gasteiger partial charge in [0.2, 0.25) is 0 Å². The van der Waals surface area contributed by atoms with E-state index in [0.717, 1.165) is 27.8 Å². The van der Waals surface area contributed by atoms with E-state index >= 15 is 0 Å². The highest BCUT2D eigenvalue weighted by Gasteiger charge is 2.11. The number of aromatic nitrogens is 3. The van der Waals surface area contributed by atoms with Crippen LogP contribution in [0.25, 0.3) is 16.7 Å². The van der Waals surface area contributed by atoms with Gasteiger partial charge in [-0.05, 0) is 55.3 Å². The molecule has 0 saturated carbocycles.